The van der Waals surface area contributed by atoms with Gasteiger partial charge in [0.05, 0.1) is 31.6 Å². The minimum absolute atomic E-state index is 0.0834. The number of aliphatic hydroxyl groups excluding tert-OH is 1. The zero-order chi connectivity index (χ0) is 24.7. The average Bonchev–Trinajstić information content (AvgIpc) is 2.86. The van der Waals surface area contributed by atoms with Crippen LogP contribution in [0.1, 0.15) is 35.5 Å². The van der Waals surface area contributed by atoms with Crippen LogP contribution >= 0.6 is 0 Å². The zero-order valence-corrected chi connectivity index (χ0v) is 19.5. The third-order valence-corrected chi connectivity index (χ3v) is 5.35. The Hall–Kier alpha value is -3.49. The topological polar surface area (TPSA) is 101 Å². The normalized spacial score (nSPS) is 12.6. The van der Waals surface area contributed by atoms with Crippen LogP contribution in [0.5, 0.6) is 11.5 Å². The summed E-state index contributed by atoms with van der Waals surface area (Å²) in [4.78, 5) is 17.3. The van der Waals surface area contributed by atoms with Gasteiger partial charge in [0.15, 0.2) is 11.5 Å². The number of hydrogen-bond acceptors (Lipinski definition) is 6. The molecule has 3 aromatic rings. The number of carbonyl (C=O) groups excluding carboxylic acids is 1. The number of nitrogens with zero attached hydrogens (tertiary/aromatic N) is 1. The summed E-state index contributed by atoms with van der Waals surface area (Å²) in [5.41, 5.74) is 1.57. The van der Waals surface area contributed by atoms with E-state index in [9.17, 15) is 14.3 Å². The van der Waals surface area contributed by atoms with E-state index in [1.54, 1.807) is 37.3 Å². The number of benzene rings is 2. The molecule has 2 aromatic carbocycles. The first-order valence-corrected chi connectivity index (χ1v) is 11.0. The van der Waals surface area contributed by atoms with Crippen molar-refractivity contribution in [2.75, 3.05) is 26.9 Å². The summed E-state index contributed by atoms with van der Waals surface area (Å²) in [7, 11) is 1.46. The SMILES string of the molecule is CCc1cc(-c2ccc(F)cc2)nc(C(C)(O)CNC(=O)c2ccc(OCCO)c(OC)c2)c1. The number of rotatable bonds is 10. The quantitative estimate of drug-likeness (QED) is 0.421. The summed E-state index contributed by atoms with van der Waals surface area (Å²) in [5, 5.41) is 22.8. The van der Waals surface area contributed by atoms with Crippen LogP contribution in [0.4, 0.5) is 4.39 Å². The van der Waals surface area contributed by atoms with Crippen LogP contribution in [0, 0.1) is 5.82 Å². The molecule has 0 spiro atoms. The largest absolute Gasteiger partial charge is 0.493 e. The molecular weight excluding hydrogens is 439 g/mol. The van der Waals surface area contributed by atoms with Gasteiger partial charge in [-0.1, -0.05) is 6.92 Å². The van der Waals surface area contributed by atoms with E-state index in [-0.39, 0.29) is 25.6 Å². The molecule has 1 heterocycles. The maximum absolute atomic E-state index is 13.3. The number of aromatic nitrogens is 1. The van der Waals surface area contributed by atoms with E-state index in [1.807, 2.05) is 13.0 Å². The van der Waals surface area contributed by atoms with Crippen LogP contribution < -0.4 is 14.8 Å². The van der Waals surface area contributed by atoms with Crippen molar-refractivity contribution in [1.29, 1.82) is 0 Å². The number of pyridine rings is 1. The van der Waals surface area contributed by atoms with Crippen LogP contribution in [0.25, 0.3) is 11.3 Å². The highest BCUT2D eigenvalue weighted by Crippen LogP contribution is 2.29. The van der Waals surface area contributed by atoms with Crippen molar-refractivity contribution in [1.82, 2.24) is 10.3 Å². The van der Waals surface area contributed by atoms with E-state index in [0.717, 1.165) is 17.5 Å². The summed E-state index contributed by atoms with van der Waals surface area (Å²) in [6.07, 6.45) is 0.719. The van der Waals surface area contributed by atoms with E-state index in [4.69, 9.17) is 14.6 Å². The van der Waals surface area contributed by atoms with Crippen LogP contribution in [0.3, 0.4) is 0 Å². The molecule has 3 rings (SSSR count). The highest BCUT2D eigenvalue weighted by Gasteiger charge is 2.27. The van der Waals surface area contributed by atoms with Crippen molar-refractivity contribution in [3.8, 4) is 22.8 Å². The lowest BCUT2D eigenvalue weighted by Gasteiger charge is -2.24. The first-order valence-electron chi connectivity index (χ1n) is 11.0. The Labute approximate surface area is 198 Å². The average molecular weight is 469 g/mol. The number of hydrogen-bond donors (Lipinski definition) is 3. The van der Waals surface area contributed by atoms with Crippen molar-refractivity contribution in [3.63, 3.8) is 0 Å². The lowest BCUT2D eigenvalue weighted by Crippen LogP contribution is -2.39. The van der Waals surface area contributed by atoms with Gasteiger partial charge >= 0.3 is 0 Å². The molecule has 1 amide bonds. The van der Waals surface area contributed by atoms with E-state index >= 15 is 0 Å². The molecule has 7 nitrogen and oxygen atoms in total. The van der Waals surface area contributed by atoms with Gasteiger partial charge in [0.2, 0.25) is 0 Å². The molecular formula is C26H29FN2O5. The molecule has 1 unspecified atom stereocenters. The zero-order valence-electron chi connectivity index (χ0n) is 19.5. The molecule has 0 aliphatic heterocycles. The number of methoxy groups -OCH3 is 1. The van der Waals surface area contributed by atoms with Gasteiger partial charge in [-0.3, -0.25) is 4.79 Å². The lowest BCUT2D eigenvalue weighted by molar-refractivity contribution is 0.0489. The fourth-order valence-corrected chi connectivity index (χ4v) is 3.36. The summed E-state index contributed by atoms with van der Waals surface area (Å²) >= 11 is 0. The van der Waals surface area contributed by atoms with Gasteiger partial charge in [0, 0.05) is 11.1 Å². The Kier molecular flexibility index (Phi) is 8.20. The number of halogens is 1. The van der Waals surface area contributed by atoms with E-state index in [1.165, 1.54) is 25.3 Å². The monoisotopic (exact) mass is 468 g/mol. The fourth-order valence-electron chi connectivity index (χ4n) is 3.36. The van der Waals surface area contributed by atoms with E-state index in [0.29, 0.717) is 28.5 Å². The number of amides is 1. The Bertz CT molecular complexity index is 1130. The number of aryl methyl sites for hydroxylation is 1. The maximum Gasteiger partial charge on any atom is 0.251 e. The fraction of sp³-hybridized carbons (Fsp3) is 0.308. The summed E-state index contributed by atoms with van der Waals surface area (Å²) < 4.78 is 24.0. The van der Waals surface area contributed by atoms with Crippen molar-refractivity contribution < 1.29 is 28.9 Å². The maximum atomic E-state index is 13.3. The first-order chi connectivity index (χ1) is 16.3. The molecule has 0 saturated heterocycles. The highest BCUT2D eigenvalue weighted by molar-refractivity contribution is 5.95. The van der Waals surface area contributed by atoms with E-state index in [2.05, 4.69) is 10.3 Å². The molecule has 34 heavy (non-hydrogen) atoms. The summed E-state index contributed by atoms with van der Waals surface area (Å²) in [5.74, 6) is 0.0238. The van der Waals surface area contributed by atoms with Crippen LogP contribution in [0.2, 0.25) is 0 Å². The molecule has 0 fully saturated rings. The summed E-state index contributed by atoms with van der Waals surface area (Å²) in [6.45, 7) is 3.45. The molecule has 1 aromatic heterocycles. The molecule has 180 valence electrons. The number of nitrogens with one attached hydrogen (secondary N) is 1. The Morgan fingerprint density at radius 3 is 2.50 bits per heavy atom. The standard InChI is InChI=1S/C26H29FN2O5/c1-4-17-13-21(18-5-8-20(27)9-6-18)29-24(14-17)26(2,32)16-28-25(31)19-7-10-22(34-12-11-30)23(15-19)33-3/h5-10,13-15,30,32H,4,11-12,16H2,1-3H3,(H,28,31). The first kappa shape index (κ1) is 25.1. The molecule has 3 N–H and O–H groups in total. The third-order valence-electron chi connectivity index (χ3n) is 5.35. The van der Waals surface area contributed by atoms with Crippen molar-refractivity contribution in [3.05, 3.63) is 77.2 Å². The second kappa shape index (κ2) is 11.1. The van der Waals surface area contributed by atoms with Crippen LogP contribution in [-0.4, -0.2) is 48.0 Å². The molecule has 1 atom stereocenters. The van der Waals surface area contributed by atoms with Crippen LogP contribution in [-0.2, 0) is 12.0 Å². The van der Waals surface area contributed by atoms with Crippen molar-refractivity contribution in [2.24, 2.45) is 0 Å². The van der Waals surface area contributed by atoms with Crippen LogP contribution in [0.15, 0.2) is 54.6 Å². The van der Waals surface area contributed by atoms with Gasteiger partial charge < -0.3 is 25.0 Å². The highest BCUT2D eigenvalue weighted by atomic mass is 19.1. The van der Waals surface area contributed by atoms with Crippen molar-refractivity contribution >= 4 is 5.91 Å². The molecule has 0 aliphatic carbocycles. The molecule has 0 radical (unpaired) electrons. The minimum Gasteiger partial charge on any atom is -0.493 e. The Balaban J connectivity index is 1.78. The lowest BCUT2D eigenvalue weighted by atomic mass is 9.97. The smallest absolute Gasteiger partial charge is 0.251 e. The van der Waals surface area contributed by atoms with Gasteiger partial charge in [0.25, 0.3) is 5.91 Å². The number of carbonyl (C=O) groups is 1. The van der Waals surface area contributed by atoms with Gasteiger partial charge in [-0.25, -0.2) is 9.37 Å². The Morgan fingerprint density at radius 2 is 1.85 bits per heavy atom. The molecule has 0 saturated carbocycles. The minimum atomic E-state index is -1.45. The predicted molar refractivity (Wildman–Crippen MR) is 126 cm³/mol. The van der Waals surface area contributed by atoms with E-state index < -0.39 is 11.5 Å². The Morgan fingerprint density at radius 1 is 1.12 bits per heavy atom. The number of ether oxygens (including phenoxy) is 2. The van der Waals surface area contributed by atoms with Crippen molar-refractivity contribution in [2.45, 2.75) is 25.9 Å². The van der Waals surface area contributed by atoms with Gasteiger partial charge in [-0.2, -0.15) is 0 Å². The number of aliphatic hydroxyl groups is 2. The van der Waals surface area contributed by atoms with Gasteiger partial charge in [0.1, 0.15) is 18.0 Å². The second-order valence-electron chi connectivity index (χ2n) is 8.00. The predicted octanol–water partition coefficient (Wildman–Crippen LogP) is 3.47. The van der Waals surface area contributed by atoms with Gasteiger partial charge in [-0.15, -0.1) is 0 Å². The molecule has 0 aliphatic rings. The summed E-state index contributed by atoms with van der Waals surface area (Å²) in [6, 6.07) is 14.4. The molecule has 0 bridgehead atoms. The van der Waals surface area contributed by atoms with Gasteiger partial charge in [-0.05, 0) is 73.5 Å². The molecule has 8 heteroatoms. The third kappa shape index (κ3) is 6.09. The second-order valence-corrected chi connectivity index (χ2v) is 8.00.